The van der Waals surface area contributed by atoms with Crippen LogP contribution in [-0.4, -0.2) is 23.6 Å². The Labute approximate surface area is 98.8 Å². The summed E-state index contributed by atoms with van der Waals surface area (Å²) < 4.78 is 0. The summed E-state index contributed by atoms with van der Waals surface area (Å²) in [6, 6.07) is 0.795. The Bertz CT molecular complexity index is 195. The first-order valence-corrected chi connectivity index (χ1v) is 7.67. The van der Waals surface area contributed by atoms with Crippen LogP contribution in [0.3, 0.4) is 0 Å². The fourth-order valence-electron chi connectivity index (χ4n) is 3.00. The van der Waals surface area contributed by atoms with Crippen LogP contribution in [-0.2, 0) is 0 Å². The van der Waals surface area contributed by atoms with Crippen molar-refractivity contribution in [3.8, 4) is 0 Å². The largest absolute Gasteiger partial charge is 0.313 e. The fraction of sp³-hybridized carbons (Fsp3) is 1.00. The first-order valence-electron chi connectivity index (χ1n) is 6.62. The summed E-state index contributed by atoms with van der Waals surface area (Å²) in [5, 5.41) is 4.65. The van der Waals surface area contributed by atoms with Crippen LogP contribution >= 0.6 is 11.8 Å². The quantitative estimate of drug-likeness (QED) is 0.794. The van der Waals surface area contributed by atoms with Crippen LogP contribution in [0.4, 0.5) is 0 Å². The standard InChI is InChI=1S/C13H25NS/c1-10-5-3-4-6-12(10)9-14-13-7-8-15-11(13)2/h10-14H,3-9H2,1-2H3. The minimum Gasteiger partial charge on any atom is -0.313 e. The third kappa shape index (κ3) is 3.13. The van der Waals surface area contributed by atoms with Gasteiger partial charge in [-0.3, -0.25) is 0 Å². The summed E-state index contributed by atoms with van der Waals surface area (Å²) in [6.07, 6.45) is 7.23. The molecule has 0 aromatic heterocycles. The van der Waals surface area contributed by atoms with Crippen LogP contribution in [0.1, 0.15) is 46.0 Å². The minimum absolute atomic E-state index is 0.795. The molecule has 4 unspecified atom stereocenters. The normalized spacial score (nSPS) is 42.0. The minimum atomic E-state index is 0.795. The van der Waals surface area contributed by atoms with Gasteiger partial charge in [-0.25, -0.2) is 0 Å². The number of thioether (sulfide) groups is 1. The van der Waals surface area contributed by atoms with E-state index in [1.54, 1.807) is 0 Å². The van der Waals surface area contributed by atoms with Crippen LogP contribution in [0.5, 0.6) is 0 Å². The van der Waals surface area contributed by atoms with Gasteiger partial charge in [-0.1, -0.05) is 33.1 Å². The number of rotatable bonds is 3. The van der Waals surface area contributed by atoms with E-state index in [1.807, 2.05) is 0 Å². The molecule has 1 aliphatic heterocycles. The lowest BCUT2D eigenvalue weighted by atomic mass is 9.80. The van der Waals surface area contributed by atoms with Crippen LogP contribution in [0.2, 0.25) is 0 Å². The van der Waals surface area contributed by atoms with Crippen molar-refractivity contribution in [2.24, 2.45) is 11.8 Å². The Hall–Kier alpha value is 0.310. The first-order chi connectivity index (χ1) is 7.27. The van der Waals surface area contributed by atoms with Crippen LogP contribution in [0.15, 0.2) is 0 Å². The molecular formula is C13H25NS. The Kier molecular flexibility index (Phi) is 4.39. The van der Waals surface area contributed by atoms with Gasteiger partial charge in [0.25, 0.3) is 0 Å². The highest BCUT2D eigenvalue weighted by Gasteiger charge is 2.26. The average Bonchev–Trinajstić information content (AvgIpc) is 2.63. The Morgan fingerprint density at radius 1 is 1.13 bits per heavy atom. The topological polar surface area (TPSA) is 12.0 Å². The molecule has 2 rings (SSSR count). The van der Waals surface area contributed by atoms with Crippen molar-refractivity contribution in [2.75, 3.05) is 12.3 Å². The van der Waals surface area contributed by atoms with Gasteiger partial charge < -0.3 is 5.32 Å². The number of hydrogen-bond donors (Lipinski definition) is 1. The molecule has 1 saturated carbocycles. The molecule has 0 radical (unpaired) electrons. The van der Waals surface area contributed by atoms with Gasteiger partial charge in [-0.2, -0.15) is 11.8 Å². The van der Waals surface area contributed by atoms with E-state index in [0.717, 1.165) is 23.1 Å². The Morgan fingerprint density at radius 2 is 1.93 bits per heavy atom. The maximum atomic E-state index is 3.81. The van der Waals surface area contributed by atoms with Gasteiger partial charge in [0.05, 0.1) is 0 Å². The lowest BCUT2D eigenvalue weighted by Crippen LogP contribution is -2.39. The van der Waals surface area contributed by atoms with Crippen molar-refractivity contribution in [3.63, 3.8) is 0 Å². The Balaban J connectivity index is 1.72. The summed E-state index contributed by atoms with van der Waals surface area (Å²) in [5.41, 5.74) is 0. The molecule has 0 spiro atoms. The van der Waals surface area contributed by atoms with Crippen molar-refractivity contribution < 1.29 is 0 Å². The molecular weight excluding hydrogens is 202 g/mol. The van der Waals surface area contributed by atoms with E-state index in [4.69, 9.17) is 0 Å². The van der Waals surface area contributed by atoms with Gasteiger partial charge in [-0.05, 0) is 37.0 Å². The maximum Gasteiger partial charge on any atom is 0.0191 e. The van der Waals surface area contributed by atoms with Gasteiger partial charge >= 0.3 is 0 Å². The van der Waals surface area contributed by atoms with Gasteiger partial charge in [0.2, 0.25) is 0 Å². The SMILES string of the molecule is CC1CCCCC1CNC1CCSC1C. The van der Waals surface area contributed by atoms with Gasteiger partial charge in [0, 0.05) is 11.3 Å². The molecule has 0 amide bonds. The zero-order valence-corrected chi connectivity index (χ0v) is 11.0. The highest BCUT2D eigenvalue weighted by Crippen LogP contribution is 2.30. The molecule has 1 nitrogen and oxygen atoms in total. The zero-order chi connectivity index (χ0) is 10.7. The molecule has 0 aromatic carbocycles. The summed E-state index contributed by atoms with van der Waals surface area (Å²) >= 11 is 2.13. The lowest BCUT2D eigenvalue weighted by Gasteiger charge is -2.30. The molecule has 15 heavy (non-hydrogen) atoms. The smallest absolute Gasteiger partial charge is 0.0191 e. The molecule has 1 aliphatic carbocycles. The highest BCUT2D eigenvalue weighted by atomic mass is 32.2. The molecule has 1 saturated heterocycles. The van der Waals surface area contributed by atoms with E-state index in [0.29, 0.717) is 0 Å². The van der Waals surface area contributed by atoms with Gasteiger partial charge in [-0.15, -0.1) is 0 Å². The second-order valence-corrected chi connectivity index (χ2v) is 6.89. The predicted molar refractivity (Wildman–Crippen MR) is 69.4 cm³/mol. The van der Waals surface area contributed by atoms with Crippen molar-refractivity contribution in [1.82, 2.24) is 5.32 Å². The monoisotopic (exact) mass is 227 g/mol. The molecule has 2 heteroatoms. The van der Waals surface area contributed by atoms with Crippen LogP contribution in [0.25, 0.3) is 0 Å². The fourth-order valence-corrected chi connectivity index (χ4v) is 4.23. The van der Waals surface area contributed by atoms with E-state index in [-0.39, 0.29) is 0 Å². The average molecular weight is 227 g/mol. The van der Waals surface area contributed by atoms with E-state index in [9.17, 15) is 0 Å². The predicted octanol–water partition coefficient (Wildman–Crippen LogP) is 3.30. The summed E-state index contributed by atoms with van der Waals surface area (Å²) in [4.78, 5) is 0. The third-order valence-corrected chi connectivity index (χ3v) is 5.63. The Morgan fingerprint density at radius 3 is 2.60 bits per heavy atom. The summed E-state index contributed by atoms with van der Waals surface area (Å²) in [6.45, 7) is 6.09. The van der Waals surface area contributed by atoms with Crippen LogP contribution < -0.4 is 5.32 Å². The van der Waals surface area contributed by atoms with E-state index in [1.165, 1.54) is 44.4 Å². The molecule has 2 aliphatic rings. The molecule has 0 bridgehead atoms. The highest BCUT2D eigenvalue weighted by molar-refractivity contribution is 8.00. The number of nitrogens with one attached hydrogen (secondary N) is 1. The lowest BCUT2D eigenvalue weighted by molar-refractivity contribution is 0.240. The van der Waals surface area contributed by atoms with E-state index < -0.39 is 0 Å². The third-order valence-electron chi connectivity index (χ3n) is 4.31. The molecule has 88 valence electrons. The van der Waals surface area contributed by atoms with Crippen molar-refractivity contribution in [1.29, 1.82) is 0 Å². The van der Waals surface area contributed by atoms with E-state index >= 15 is 0 Å². The van der Waals surface area contributed by atoms with Crippen molar-refractivity contribution in [2.45, 2.75) is 57.2 Å². The van der Waals surface area contributed by atoms with Gasteiger partial charge in [0.15, 0.2) is 0 Å². The second kappa shape index (κ2) is 5.58. The molecule has 1 heterocycles. The maximum absolute atomic E-state index is 3.81. The molecule has 0 aromatic rings. The summed E-state index contributed by atoms with van der Waals surface area (Å²) in [7, 11) is 0. The number of hydrogen-bond acceptors (Lipinski definition) is 2. The molecule has 1 N–H and O–H groups in total. The zero-order valence-electron chi connectivity index (χ0n) is 10.2. The van der Waals surface area contributed by atoms with Crippen LogP contribution in [0, 0.1) is 11.8 Å². The van der Waals surface area contributed by atoms with Crippen molar-refractivity contribution >= 4 is 11.8 Å². The van der Waals surface area contributed by atoms with E-state index in [2.05, 4.69) is 30.9 Å². The second-order valence-electron chi connectivity index (χ2n) is 5.40. The van der Waals surface area contributed by atoms with Crippen molar-refractivity contribution in [3.05, 3.63) is 0 Å². The first kappa shape index (κ1) is 11.8. The molecule has 2 fully saturated rings. The van der Waals surface area contributed by atoms with Gasteiger partial charge in [0.1, 0.15) is 0 Å². The molecule has 4 atom stereocenters. The summed E-state index contributed by atoms with van der Waals surface area (Å²) in [5.74, 6) is 3.27.